The molecule has 3 rings (SSSR count). The summed E-state index contributed by atoms with van der Waals surface area (Å²) in [6.45, 7) is 3.46. The molecule has 1 aromatic heterocycles. The van der Waals surface area contributed by atoms with E-state index in [1.54, 1.807) is 0 Å². The molecular formula is C12H15N3O. The first-order chi connectivity index (χ1) is 7.86. The molecule has 0 saturated carbocycles. The Balaban J connectivity index is 2.08. The number of nitrogens with zero attached hydrogens (tertiary/aromatic N) is 3. The van der Waals surface area contributed by atoms with Crippen LogP contribution in [0.1, 0.15) is 0 Å². The van der Waals surface area contributed by atoms with Gasteiger partial charge in [-0.25, -0.2) is 0 Å². The van der Waals surface area contributed by atoms with Gasteiger partial charge >= 0.3 is 0 Å². The Kier molecular flexibility index (Phi) is 2.29. The average Bonchev–Trinajstić information content (AvgIpc) is 2.69. The van der Waals surface area contributed by atoms with Crippen molar-refractivity contribution in [1.82, 2.24) is 9.78 Å². The van der Waals surface area contributed by atoms with Crippen molar-refractivity contribution in [3.63, 3.8) is 0 Å². The second-order valence-electron chi connectivity index (χ2n) is 4.06. The van der Waals surface area contributed by atoms with Gasteiger partial charge in [-0.15, -0.1) is 0 Å². The van der Waals surface area contributed by atoms with Crippen LogP contribution in [0.15, 0.2) is 24.3 Å². The van der Waals surface area contributed by atoms with Gasteiger partial charge in [0.15, 0.2) is 5.82 Å². The van der Waals surface area contributed by atoms with Crippen LogP contribution in [-0.4, -0.2) is 36.1 Å². The van der Waals surface area contributed by atoms with E-state index in [9.17, 15) is 0 Å². The summed E-state index contributed by atoms with van der Waals surface area (Å²) in [7, 11) is 1.99. The van der Waals surface area contributed by atoms with Crippen LogP contribution in [0.5, 0.6) is 0 Å². The van der Waals surface area contributed by atoms with E-state index < -0.39 is 0 Å². The van der Waals surface area contributed by atoms with Gasteiger partial charge in [0.25, 0.3) is 0 Å². The molecule has 0 radical (unpaired) electrons. The van der Waals surface area contributed by atoms with Crippen LogP contribution in [0.2, 0.25) is 0 Å². The highest BCUT2D eigenvalue weighted by Gasteiger charge is 2.17. The predicted molar refractivity (Wildman–Crippen MR) is 63.7 cm³/mol. The molecule has 2 aromatic rings. The summed E-state index contributed by atoms with van der Waals surface area (Å²) >= 11 is 0. The van der Waals surface area contributed by atoms with E-state index in [1.807, 2.05) is 17.8 Å². The lowest BCUT2D eigenvalue weighted by molar-refractivity contribution is 0.122. The van der Waals surface area contributed by atoms with E-state index in [4.69, 9.17) is 4.74 Å². The van der Waals surface area contributed by atoms with Gasteiger partial charge in [-0.1, -0.05) is 12.1 Å². The summed E-state index contributed by atoms with van der Waals surface area (Å²) in [5.41, 5.74) is 1.18. The van der Waals surface area contributed by atoms with Crippen LogP contribution >= 0.6 is 0 Å². The number of ether oxygens (including phenoxy) is 1. The number of aryl methyl sites for hydroxylation is 1. The van der Waals surface area contributed by atoms with Crippen LogP contribution < -0.4 is 4.90 Å². The Hall–Kier alpha value is -1.55. The molecule has 0 bridgehead atoms. The molecular weight excluding hydrogens is 202 g/mol. The molecule has 16 heavy (non-hydrogen) atoms. The van der Waals surface area contributed by atoms with E-state index in [0.717, 1.165) is 32.1 Å². The number of morpholine rings is 1. The average molecular weight is 217 g/mol. The summed E-state index contributed by atoms with van der Waals surface area (Å²) in [6, 6.07) is 8.35. The number of hydrogen-bond donors (Lipinski definition) is 0. The summed E-state index contributed by atoms with van der Waals surface area (Å²) in [5.74, 6) is 1.08. The summed E-state index contributed by atoms with van der Waals surface area (Å²) in [6.07, 6.45) is 0. The molecule has 1 saturated heterocycles. The van der Waals surface area contributed by atoms with Crippen molar-refractivity contribution >= 4 is 16.7 Å². The van der Waals surface area contributed by atoms with Crippen molar-refractivity contribution in [2.45, 2.75) is 0 Å². The van der Waals surface area contributed by atoms with E-state index in [1.165, 1.54) is 10.9 Å². The second-order valence-corrected chi connectivity index (χ2v) is 4.06. The van der Waals surface area contributed by atoms with Gasteiger partial charge in [-0.2, -0.15) is 5.10 Å². The van der Waals surface area contributed by atoms with Crippen molar-refractivity contribution in [3.05, 3.63) is 24.3 Å². The highest BCUT2D eigenvalue weighted by Crippen LogP contribution is 2.25. The first-order valence-corrected chi connectivity index (χ1v) is 5.61. The van der Waals surface area contributed by atoms with Gasteiger partial charge in [0.1, 0.15) is 0 Å². The highest BCUT2D eigenvalue weighted by atomic mass is 16.5. The number of rotatable bonds is 1. The smallest absolute Gasteiger partial charge is 0.158 e. The molecule has 84 valence electrons. The molecule has 0 N–H and O–H groups in total. The quantitative estimate of drug-likeness (QED) is 0.723. The van der Waals surface area contributed by atoms with Crippen LogP contribution in [0.3, 0.4) is 0 Å². The monoisotopic (exact) mass is 217 g/mol. The summed E-state index contributed by atoms with van der Waals surface area (Å²) in [4.78, 5) is 2.30. The van der Waals surface area contributed by atoms with Crippen molar-refractivity contribution in [2.24, 2.45) is 7.05 Å². The van der Waals surface area contributed by atoms with E-state index >= 15 is 0 Å². The molecule has 0 aliphatic carbocycles. The minimum absolute atomic E-state index is 0.797. The standard InChI is InChI=1S/C12H15N3O/c1-14-11-5-3-2-4-10(11)12(13-14)15-6-8-16-9-7-15/h2-5H,6-9H2,1H3. The normalized spacial score (nSPS) is 16.9. The SMILES string of the molecule is Cn1nc(N2CCOCC2)c2ccccc21. The topological polar surface area (TPSA) is 30.3 Å². The number of fused-ring (bicyclic) bond motifs is 1. The zero-order chi connectivity index (χ0) is 11.0. The van der Waals surface area contributed by atoms with Gasteiger partial charge in [0.2, 0.25) is 0 Å². The minimum atomic E-state index is 0.797. The van der Waals surface area contributed by atoms with Gasteiger partial charge in [-0.05, 0) is 12.1 Å². The highest BCUT2D eigenvalue weighted by molar-refractivity contribution is 5.90. The van der Waals surface area contributed by atoms with Gasteiger partial charge in [-0.3, -0.25) is 4.68 Å². The van der Waals surface area contributed by atoms with E-state index in [-0.39, 0.29) is 0 Å². The second kappa shape index (κ2) is 3.79. The predicted octanol–water partition coefficient (Wildman–Crippen LogP) is 1.41. The molecule has 4 heteroatoms. The van der Waals surface area contributed by atoms with Gasteiger partial charge in [0, 0.05) is 25.5 Å². The first-order valence-electron chi connectivity index (χ1n) is 5.61. The molecule has 1 aliphatic heterocycles. The van der Waals surface area contributed by atoms with Gasteiger partial charge in [0.05, 0.1) is 18.7 Å². The zero-order valence-corrected chi connectivity index (χ0v) is 9.39. The third kappa shape index (κ3) is 1.46. The number of anilines is 1. The fourth-order valence-electron chi connectivity index (χ4n) is 2.20. The first kappa shape index (κ1) is 9.66. The summed E-state index contributed by atoms with van der Waals surface area (Å²) < 4.78 is 7.31. The Bertz CT molecular complexity index is 500. The molecule has 1 fully saturated rings. The van der Waals surface area contributed by atoms with Crippen LogP contribution in [0.25, 0.3) is 10.9 Å². The fourth-order valence-corrected chi connectivity index (χ4v) is 2.20. The molecule has 0 unspecified atom stereocenters. The third-order valence-electron chi connectivity index (χ3n) is 3.05. The Labute approximate surface area is 94.4 Å². The molecule has 0 amide bonds. The van der Waals surface area contributed by atoms with Crippen LogP contribution in [-0.2, 0) is 11.8 Å². The molecule has 4 nitrogen and oxygen atoms in total. The Morgan fingerprint density at radius 2 is 1.94 bits per heavy atom. The molecule has 0 atom stereocenters. The Morgan fingerprint density at radius 1 is 1.19 bits per heavy atom. The van der Waals surface area contributed by atoms with E-state index in [2.05, 4.69) is 28.2 Å². The molecule has 0 spiro atoms. The Morgan fingerprint density at radius 3 is 2.75 bits per heavy atom. The van der Waals surface area contributed by atoms with Crippen LogP contribution in [0.4, 0.5) is 5.82 Å². The maximum Gasteiger partial charge on any atom is 0.158 e. The number of aromatic nitrogens is 2. The van der Waals surface area contributed by atoms with Crippen molar-refractivity contribution in [1.29, 1.82) is 0 Å². The number of benzene rings is 1. The number of hydrogen-bond acceptors (Lipinski definition) is 3. The van der Waals surface area contributed by atoms with E-state index in [0.29, 0.717) is 0 Å². The fraction of sp³-hybridized carbons (Fsp3) is 0.417. The third-order valence-corrected chi connectivity index (χ3v) is 3.05. The zero-order valence-electron chi connectivity index (χ0n) is 9.39. The van der Waals surface area contributed by atoms with Crippen LogP contribution in [0, 0.1) is 0 Å². The van der Waals surface area contributed by atoms with Crippen molar-refractivity contribution in [3.8, 4) is 0 Å². The number of para-hydroxylation sites is 1. The summed E-state index contributed by atoms with van der Waals surface area (Å²) in [5, 5.41) is 5.83. The van der Waals surface area contributed by atoms with Gasteiger partial charge < -0.3 is 9.64 Å². The lowest BCUT2D eigenvalue weighted by Gasteiger charge is -2.26. The van der Waals surface area contributed by atoms with Crippen molar-refractivity contribution in [2.75, 3.05) is 31.2 Å². The molecule has 1 aliphatic rings. The van der Waals surface area contributed by atoms with Crippen molar-refractivity contribution < 1.29 is 4.74 Å². The minimum Gasteiger partial charge on any atom is -0.378 e. The lowest BCUT2D eigenvalue weighted by Crippen LogP contribution is -2.36. The maximum atomic E-state index is 5.36. The largest absolute Gasteiger partial charge is 0.378 e. The maximum absolute atomic E-state index is 5.36. The molecule has 2 heterocycles. The lowest BCUT2D eigenvalue weighted by atomic mass is 10.2. The molecule has 1 aromatic carbocycles.